The summed E-state index contributed by atoms with van der Waals surface area (Å²) in [6, 6.07) is 0. The number of hydrogen-bond donors (Lipinski definition) is 1. The summed E-state index contributed by atoms with van der Waals surface area (Å²) >= 11 is 0. The zero-order valence-electron chi connectivity index (χ0n) is 11.2. The number of ether oxygens (including phenoxy) is 1. The SMILES string of the molecule is CC(C)(C)OC(=O)CCNCC1CC1(C)C. The molecule has 1 N–H and O–H groups in total. The zero-order valence-corrected chi connectivity index (χ0v) is 11.2. The minimum absolute atomic E-state index is 0.116. The molecule has 1 saturated carbocycles. The van der Waals surface area contributed by atoms with Gasteiger partial charge in [0.25, 0.3) is 0 Å². The lowest BCUT2D eigenvalue weighted by atomic mass is 10.1. The van der Waals surface area contributed by atoms with Crippen LogP contribution < -0.4 is 5.32 Å². The average Bonchev–Trinajstić information content (AvgIpc) is 2.65. The van der Waals surface area contributed by atoms with Crippen molar-refractivity contribution in [3.8, 4) is 0 Å². The highest BCUT2D eigenvalue weighted by atomic mass is 16.6. The van der Waals surface area contributed by atoms with Crippen molar-refractivity contribution < 1.29 is 9.53 Å². The van der Waals surface area contributed by atoms with E-state index in [9.17, 15) is 4.79 Å². The molecule has 1 aliphatic carbocycles. The summed E-state index contributed by atoms with van der Waals surface area (Å²) in [6.07, 6.45) is 1.76. The summed E-state index contributed by atoms with van der Waals surface area (Å²) in [7, 11) is 0. The topological polar surface area (TPSA) is 38.3 Å². The van der Waals surface area contributed by atoms with E-state index in [1.54, 1.807) is 0 Å². The van der Waals surface area contributed by atoms with Gasteiger partial charge in [0.2, 0.25) is 0 Å². The largest absolute Gasteiger partial charge is 0.460 e. The summed E-state index contributed by atoms with van der Waals surface area (Å²) < 4.78 is 5.22. The molecular formula is C13H25NO2. The Labute approximate surface area is 98.9 Å². The lowest BCUT2D eigenvalue weighted by Crippen LogP contribution is -2.27. The molecule has 0 saturated heterocycles. The second kappa shape index (κ2) is 4.74. The van der Waals surface area contributed by atoms with Gasteiger partial charge in [-0.25, -0.2) is 0 Å². The molecule has 3 nitrogen and oxygen atoms in total. The highest BCUT2D eigenvalue weighted by Gasteiger charge is 2.44. The second-order valence-electron chi connectivity index (χ2n) is 6.43. The molecule has 1 unspecified atom stereocenters. The Hall–Kier alpha value is -0.570. The highest BCUT2D eigenvalue weighted by Crippen LogP contribution is 2.50. The maximum atomic E-state index is 11.4. The maximum absolute atomic E-state index is 11.4. The van der Waals surface area contributed by atoms with Crippen LogP contribution in [-0.2, 0) is 9.53 Å². The van der Waals surface area contributed by atoms with Gasteiger partial charge in [0.15, 0.2) is 0 Å². The van der Waals surface area contributed by atoms with Crippen LogP contribution in [0.15, 0.2) is 0 Å². The molecule has 0 aromatic heterocycles. The molecule has 0 bridgehead atoms. The lowest BCUT2D eigenvalue weighted by molar-refractivity contribution is -0.154. The van der Waals surface area contributed by atoms with Gasteiger partial charge in [0, 0.05) is 6.54 Å². The third-order valence-corrected chi connectivity index (χ3v) is 3.03. The molecule has 1 aliphatic rings. The first-order chi connectivity index (χ1) is 7.21. The summed E-state index contributed by atoms with van der Waals surface area (Å²) in [6.45, 7) is 12.0. The average molecular weight is 227 g/mol. The van der Waals surface area contributed by atoms with Crippen LogP contribution in [0.3, 0.4) is 0 Å². The lowest BCUT2D eigenvalue weighted by Gasteiger charge is -2.19. The summed E-state index contributed by atoms with van der Waals surface area (Å²) in [5.74, 6) is 0.668. The predicted molar refractivity (Wildman–Crippen MR) is 65.2 cm³/mol. The fraction of sp³-hybridized carbons (Fsp3) is 0.923. The monoisotopic (exact) mass is 227 g/mol. The van der Waals surface area contributed by atoms with E-state index in [1.807, 2.05) is 20.8 Å². The first-order valence-corrected chi connectivity index (χ1v) is 6.13. The fourth-order valence-corrected chi connectivity index (χ4v) is 1.78. The molecule has 0 radical (unpaired) electrons. The molecule has 0 aliphatic heterocycles. The Morgan fingerprint density at radius 2 is 2.00 bits per heavy atom. The normalized spacial score (nSPS) is 22.9. The van der Waals surface area contributed by atoms with Gasteiger partial charge in [-0.2, -0.15) is 0 Å². The van der Waals surface area contributed by atoms with E-state index in [0.29, 0.717) is 11.8 Å². The van der Waals surface area contributed by atoms with Crippen LogP contribution in [0.2, 0.25) is 0 Å². The van der Waals surface area contributed by atoms with E-state index in [4.69, 9.17) is 4.74 Å². The van der Waals surface area contributed by atoms with E-state index in [-0.39, 0.29) is 11.6 Å². The van der Waals surface area contributed by atoms with E-state index < -0.39 is 0 Å². The minimum atomic E-state index is -0.366. The molecule has 0 spiro atoms. The quantitative estimate of drug-likeness (QED) is 0.579. The highest BCUT2D eigenvalue weighted by molar-refractivity contribution is 5.70. The van der Waals surface area contributed by atoms with Crippen LogP contribution in [0.4, 0.5) is 0 Å². The predicted octanol–water partition coefficient (Wildman–Crippen LogP) is 2.35. The van der Waals surface area contributed by atoms with Crippen molar-refractivity contribution in [1.29, 1.82) is 0 Å². The third kappa shape index (κ3) is 4.97. The number of carbonyl (C=O) groups is 1. The smallest absolute Gasteiger partial charge is 0.307 e. The van der Waals surface area contributed by atoms with Crippen molar-refractivity contribution in [3.63, 3.8) is 0 Å². The standard InChI is InChI=1S/C13H25NO2/c1-12(2,3)16-11(15)6-7-14-9-10-8-13(10,4)5/h10,14H,6-9H2,1-5H3. The van der Waals surface area contributed by atoms with Gasteiger partial charge < -0.3 is 10.1 Å². The maximum Gasteiger partial charge on any atom is 0.307 e. The van der Waals surface area contributed by atoms with Crippen LogP contribution >= 0.6 is 0 Å². The summed E-state index contributed by atoms with van der Waals surface area (Å²) in [5, 5.41) is 3.32. The molecule has 0 aromatic carbocycles. The zero-order chi connectivity index (χ0) is 12.4. The van der Waals surface area contributed by atoms with Gasteiger partial charge in [-0.15, -0.1) is 0 Å². The van der Waals surface area contributed by atoms with E-state index in [2.05, 4.69) is 19.2 Å². The van der Waals surface area contributed by atoms with Crippen molar-refractivity contribution in [2.45, 2.75) is 53.1 Å². The number of rotatable bonds is 5. The molecular weight excluding hydrogens is 202 g/mol. The van der Waals surface area contributed by atoms with Crippen molar-refractivity contribution in [2.75, 3.05) is 13.1 Å². The van der Waals surface area contributed by atoms with Crippen LogP contribution in [0.5, 0.6) is 0 Å². The van der Waals surface area contributed by atoms with Crippen molar-refractivity contribution in [1.82, 2.24) is 5.32 Å². The first kappa shape index (κ1) is 13.5. The van der Waals surface area contributed by atoms with Crippen LogP contribution in [0, 0.1) is 11.3 Å². The first-order valence-electron chi connectivity index (χ1n) is 6.13. The Balaban J connectivity index is 2.01. The molecule has 3 heteroatoms. The van der Waals surface area contributed by atoms with Gasteiger partial charge in [-0.1, -0.05) is 13.8 Å². The van der Waals surface area contributed by atoms with Crippen LogP contribution in [0.25, 0.3) is 0 Å². The van der Waals surface area contributed by atoms with Crippen LogP contribution in [-0.4, -0.2) is 24.7 Å². The van der Waals surface area contributed by atoms with Gasteiger partial charge >= 0.3 is 5.97 Å². The minimum Gasteiger partial charge on any atom is -0.460 e. The van der Waals surface area contributed by atoms with Gasteiger partial charge in [-0.05, 0) is 45.1 Å². The van der Waals surface area contributed by atoms with Crippen molar-refractivity contribution in [3.05, 3.63) is 0 Å². The molecule has 1 rings (SSSR count). The molecule has 0 heterocycles. The van der Waals surface area contributed by atoms with E-state index in [0.717, 1.165) is 19.0 Å². The number of nitrogens with one attached hydrogen (secondary N) is 1. The Kier molecular flexibility index (Phi) is 4.00. The molecule has 1 fully saturated rings. The number of hydrogen-bond acceptors (Lipinski definition) is 3. The number of carbonyl (C=O) groups excluding carboxylic acids is 1. The van der Waals surface area contributed by atoms with E-state index in [1.165, 1.54) is 6.42 Å². The second-order valence-corrected chi connectivity index (χ2v) is 6.43. The fourth-order valence-electron chi connectivity index (χ4n) is 1.78. The molecule has 94 valence electrons. The Morgan fingerprint density at radius 3 is 2.44 bits per heavy atom. The van der Waals surface area contributed by atoms with Gasteiger partial charge in [0.05, 0.1) is 6.42 Å². The molecule has 0 amide bonds. The van der Waals surface area contributed by atoms with E-state index >= 15 is 0 Å². The number of esters is 1. The van der Waals surface area contributed by atoms with Crippen LogP contribution in [0.1, 0.15) is 47.5 Å². The molecule has 1 atom stereocenters. The summed E-state index contributed by atoms with van der Waals surface area (Å²) in [4.78, 5) is 11.4. The van der Waals surface area contributed by atoms with Gasteiger partial charge in [-0.3, -0.25) is 4.79 Å². The molecule has 0 aromatic rings. The Morgan fingerprint density at radius 1 is 1.44 bits per heavy atom. The van der Waals surface area contributed by atoms with Gasteiger partial charge in [0.1, 0.15) is 5.60 Å². The van der Waals surface area contributed by atoms with Crippen molar-refractivity contribution in [2.24, 2.45) is 11.3 Å². The Bertz CT molecular complexity index is 253. The molecule has 16 heavy (non-hydrogen) atoms. The summed E-state index contributed by atoms with van der Waals surface area (Å²) in [5.41, 5.74) is 0.147. The third-order valence-electron chi connectivity index (χ3n) is 3.03. The van der Waals surface area contributed by atoms with Crippen molar-refractivity contribution >= 4 is 5.97 Å².